The van der Waals surface area contributed by atoms with Crippen molar-refractivity contribution in [2.75, 3.05) is 36.5 Å². The molecular formula is C17H25N5O. The molecule has 1 saturated heterocycles. The van der Waals surface area contributed by atoms with E-state index in [1.807, 2.05) is 23.1 Å². The van der Waals surface area contributed by atoms with Gasteiger partial charge in [0.1, 0.15) is 5.82 Å². The fourth-order valence-corrected chi connectivity index (χ4v) is 2.64. The maximum absolute atomic E-state index is 5.38. The second-order valence-electron chi connectivity index (χ2n) is 6.21. The van der Waals surface area contributed by atoms with Crippen molar-refractivity contribution in [3.63, 3.8) is 0 Å². The largest absolute Gasteiger partial charge is 0.378 e. The normalized spacial score (nSPS) is 16.6. The average molecular weight is 315 g/mol. The molecule has 0 amide bonds. The van der Waals surface area contributed by atoms with Gasteiger partial charge in [-0.25, -0.2) is 4.98 Å². The summed E-state index contributed by atoms with van der Waals surface area (Å²) in [5, 5.41) is 7.82. The summed E-state index contributed by atoms with van der Waals surface area (Å²) in [6.45, 7) is 9.81. The van der Waals surface area contributed by atoms with Gasteiger partial charge in [-0.3, -0.25) is 4.68 Å². The monoisotopic (exact) mass is 315 g/mol. The molecule has 1 aliphatic heterocycles. The summed E-state index contributed by atoms with van der Waals surface area (Å²) >= 11 is 0. The third kappa shape index (κ3) is 3.82. The molecule has 2 aromatic rings. The van der Waals surface area contributed by atoms with Gasteiger partial charge in [-0.1, -0.05) is 0 Å². The van der Waals surface area contributed by atoms with Gasteiger partial charge in [0.2, 0.25) is 0 Å². The molecule has 0 saturated carbocycles. The van der Waals surface area contributed by atoms with Crippen LogP contribution in [0.1, 0.15) is 38.4 Å². The Balaban J connectivity index is 1.62. The van der Waals surface area contributed by atoms with Crippen LogP contribution in [0.3, 0.4) is 0 Å². The first-order chi connectivity index (χ1) is 11.1. The Morgan fingerprint density at radius 2 is 1.91 bits per heavy atom. The molecule has 1 aliphatic rings. The van der Waals surface area contributed by atoms with Gasteiger partial charge in [0.15, 0.2) is 0 Å². The standard InChI is InChI=1S/C17H25N5O/c1-13(2)22-12-15(10-19-22)14(3)20-17-5-4-16(11-18-17)21-6-8-23-9-7-21/h4-5,10-14H,6-9H2,1-3H3,(H,18,20). The third-order valence-corrected chi connectivity index (χ3v) is 4.14. The Labute approximate surface area is 137 Å². The van der Waals surface area contributed by atoms with E-state index in [9.17, 15) is 0 Å². The van der Waals surface area contributed by atoms with Crippen LogP contribution in [0.5, 0.6) is 0 Å². The minimum atomic E-state index is 0.171. The van der Waals surface area contributed by atoms with Crippen LogP contribution in [-0.2, 0) is 4.74 Å². The average Bonchev–Trinajstić information content (AvgIpc) is 3.07. The van der Waals surface area contributed by atoms with Crippen molar-refractivity contribution < 1.29 is 4.74 Å². The molecule has 6 nitrogen and oxygen atoms in total. The van der Waals surface area contributed by atoms with Crippen molar-refractivity contribution in [1.82, 2.24) is 14.8 Å². The van der Waals surface area contributed by atoms with E-state index in [0.717, 1.165) is 43.4 Å². The summed E-state index contributed by atoms with van der Waals surface area (Å²) in [6, 6.07) is 4.70. The number of aromatic nitrogens is 3. The van der Waals surface area contributed by atoms with Gasteiger partial charge in [0.25, 0.3) is 0 Å². The molecule has 1 N–H and O–H groups in total. The number of nitrogens with one attached hydrogen (secondary N) is 1. The lowest BCUT2D eigenvalue weighted by atomic mass is 10.2. The molecule has 0 bridgehead atoms. The second-order valence-corrected chi connectivity index (χ2v) is 6.21. The van der Waals surface area contributed by atoms with Crippen LogP contribution in [-0.4, -0.2) is 41.1 Å². The number of morpholine rings is 1. The van der Waals surface area contributed by atoms with E-state index < -0.39 is 0 Å². The molecule has 1 atom stereocenters. The van der Waals surface area contributed by atoms with E-state index in [0.29, 0.717) is 6.04 Å². The van der Waals surface area contributed by atoms with Crippen molar-refractivity contribution in [2.45, 2.75) is 32.9 Å². The van der Waals surface area contributed by atoms with Gasteiger partial charge in [-0.2, -0.15) is 5.10 Å². The Morgan fingerprint density at radius 3 is 2.52 bits per heavy atom. The van der Waals surface area contributed by atoms with E-state index in [1.165, 1.54) is 0 Å². The summed E-state index contributed by atoms with van der Waals surface area (Å²) in [5.74, 6) is 0.881. The van der Waals surface area contributed by atoms with Gasteiger partial charge < -0.3 is 15.0 Å². The summed E-state index contributed by atoms with van der Waals surface area (Å²) in [7, 11) is 0. The Hall–Kier alpha value is -2.08. The second kappa shape index (κ2) is 7.00. The Morgan fingerprint density at radius 1 is 1.13 bits per heavy atom. The number of nitrogens with zero attached hydrogens (tertiary/aromatic N) is 4. The number of anilines is 2. The number of ether oxygens (including phenoxy) is 1. The lowest BCUT2D eigenvalue weighted by Gasteiger charge is -2.28. The quantitative estimate of drug-likeness (QED) is 0.919. The van der Waals surface area contributed by atoms with Gasteiger partial charge >= 0.3 is 0 Å². The summed E-state index contributed by atoms with van der Waals surface area (Å²) in [6.07, 6.45) is 5.93. The van der Waals surface area contributed by atoms with Gasteiger partial charge in [-0.05, 0) is 32.9 Å². The maximum atomic E-state index is 5.38. The van der Waals surface area contributed by atoms with Gasteiger partial charge in [0.05, 0.1) is 37.3 Å². The summed E-state index contributed by atoms with van der Waals surface area (Å²) in [4.78, 5) is 6.84. The highest BCUT2D eigenvalue weighted by Gasteiger charge is 2.13. The third-order valence-electron chi connectivity index (χ3n) is 4.14. The molecule has 0 spiro atoms. The highest BCUT2D eigenvalue weighted by molar-refractivity contribution is 5.50. The van der Waals surface area contributed by atoms with E-state index in [-0.39, 0.29) is 6.04 Å². The predicted octanol–water partition coefficient (Wildman–Crippen LogP) is 2.87. The minimum absolute atomic E-state index is 0.171. The number of pyridine rings is 1. The molecule has 124 valence electrons. The molecule has 0 radical (unpaired) electrons. The van der Waals surface area contributed by atoms with Crippen LogP contribution in [0.15, 0.2) is 30.7 Å². The zero-order valence-corrected chi connectivity index (χ0v) is 14.1. The predicted molar refractivity (Wildman–Crippen MR) is 91.9 cm³/mol. The highest BCUT2D eigenvalue weighted by atomic mass is 16.5. The van der Waals surface area contributed by atoms with E-state index in [2.05, 4.69) is 53.3 Å². The topological polar surface area (TPSA) is 55.2 Å². The number of hydrogen-bond donors (Lipinski definition) is 1. The van der Waals surface area contributed by atoms with Crippen molar-refractivity contribution in [3.05, 3.63) is 36.3 Å². The first-order valence-electron chi connectivity index (χ1n) is 8.23. The molecule has 0 aromatic carbocycles. The molecule has 0 aliphatic carbocycles. The van der Waals surface area contributed by atoms with Crippen molar-refractivity contribution in [1.29, 1.82) is 0 Å². The van der Waals surface area contributed by atoms with Crippen LogP contribution in [0.25, 0.3) is 0 Å². The Kier molecular flexibility index (Phi) is 4.81. The Bertz CT molecular complexity index is 616. The molecule has 2 aromatic heterocycles. The zero-order chi connectivity index (χ0) is 16.2. The van der Waals surface area contributed by atoms with E-state index in [4.69, 9.17) is 4.74 Å². The fraction of sp³-hybridized carbons (Fsp3) is 0.529. The van der Waals surface area contributed by atoms with Crippen molar-refractivity contribution in [3.8, 4) is 0 Å². The molecule has 1 unspecified atom stereocenters. The SMILES string of the molecule is CC(Nc1ccc(N2CCOCC2)cn1)c1cnn(C(C)C)c1. The number of rotatable bonds is 5. The lowest BCUT2D eigenvalue weighted by Crippen LogP contribution is -2.36. The highest BCUT2D eigenvalue weighted by Crippen LogP contribution is 2.21. The van der Waals surface area contributed by atoms with E-state index >= 15 is 0 Å². The molecular weight excluding hydrogens is 290 g/mol. The fourth-order valence-electron chi connectivity index (χ4n) is 2.64. The van der Waals surface area contributed by atoms with Crippen LogP contribution in [0.4, 0.5) is 11.5 Å². The van der Waals surface area contributed by atoms with Crippen molar-refractivity contribution in [2.24, 2.45) is 0 Å². The van der Waals surface area contributed by atoms with Gasteiger partial charge in [-0.15, -0.1) is 0 Å². The van der Waals surface area contributed by atoms with Crippen LogP contribution in [0, 0.1) is 0 Å². The maximum Gasteiger partial charge on any atom is 0.126 e. The first kappa shape index (κ1) is 15.8. The lowest BCUT2D eigenvalue weighted by molar-refractivity contribution is 0.122. The smallest absolute Gasteiger partial charge is 0.126 e. The van der Waals surface area contributed by atoms with Crippen LogP contribution in [0.2, 0.25) is 0 Å². The summed E-state index contributed by atoms with van der Waals surface area (Å²) in [5.41, 5.74) is 2.32. The zero-order valence-electron chi connectivity index (χ0n) is 14.1. The molecule has 6 heteroatoms. The van der Waals surface area contributed by atoms with Gasteiger partial charge in [0, 0.05) is 30.9 Å². The first-order valence-corrected chi connectivity index (χ1v) is 8.23. The van der Waals surface area contributed by atoms with Crippen LogP contribution < -0.4 is 10.2 Å². The molecule has 1 fully saturated rings. The molecule has 3 rings (SSSR count). The minimum Gasteiger partial charge on any atom is -0.378 e. The number of hydrogen-bond acceptors (Lipinski definition) is 5. The molecule has 23 heavy (non-hydrogen) atoms. The van der Waals surface area contributed by atoms with E-state index in [1.54, 1.807) is 0 Å². The van der Waals surface area contributed by atoms with Crippen LogP contribution >= 0.6 is 0 Å². The summed E-state index contributed by atoms with van der Waals surface area (Å²) < 4.78 is 7.36. The van der Waals surface area contributed by atoms with Crippen molar-refractivity contribution >= 4 is 11.5 Å². The molecule has 3 heterocycles.